The fourth-order valence-corrected chi connectivity index (χ4v) is 2.51. The lowest BCUT2D eigenvalue weighted by Crippen LogP contribution is -2.38. The molecule has 1 saturated heterocycles. The lowest BCUT2D eigenvalue weighted by molar-refractivity contribution is -0.110. The number of aldehydes is 1. The third-order valence-electron chi connectivity index (χ3n) is 3.68. The number of aryl methyl sites for hydroxylation is 1. The molecule has 20 heavy (non-hydrogen) atoms. The van der Waals surface area contributed by atoms with Gasteiger partial charge in [0.2, 0.25) is 0 Å². The van der Waals surface area contributed by atoms with E-state index >= 15 is 0 Å². The van der Waals surface area contributed by atoms with Gasteiger partial charge in [0, 0.05) is 13.1 Å². The number of benzene rings is 1. The third kappa shape index (κ3) is 3.35. The van der Waals surface area contributed by atoms with Crippen LogP contribution in [0.15, 0.2) is 18.2 Å². The summed E-state index contributed by atoms with van der Waals surface area (Å²) in [6, 6.07) is 5.18. The summed E-state index contributed by atoms with van der Waals surface area (Å²) in [5.41, 5.74) is 1.76. The van der Waals surface area contributed by atoms with Gasteiger partial charge < -0.3 is 9.64 Å². The number of rotatable bonds is 3. The maximum absolute atomic E-state index is 13.3. The van der Waals surface area contributed by atoms with Crippen molar-refractivity contribution in [3.8, 4) is 0 Å². The number of carbonyl (C=O) groups is 2. The number of amides is 1. The molecular weight excluding hydrogens is 261 g/mol. The van der Waals surface area contributed by atoms with Crippen LogP contribution in [0.1, 0.15) is 29.9 Å². The Kier molecular flexibility index (Phi) is 4.71. The zero-order valence-electron chi connectivity index (χ0n) is 11.5. The van der Waals surface area contributed by atoms with Gasteiger partial charge in [-0.25, -0.2) is 9.18 Å². The SMILES string of the molecule is Cc1cc(C2CCN(C(=O)OCC=O)CC2)ccc1F. The van der Waals surface area contributed by atoms with E-state index in [-0.39, 0.29) is 12.4 Å². The number of carbonyl (C=O) groups excluding carboxylic acids is 2. The molecule has 0 radical (unpaired) electrons. The Morgan fingerprint density at radius 1 is 1.45 bits per heavy atom. The Bertz CT molecular complexity index is 496. The molecule has 1 aliphatic heterocycles. The molecule has 1 heterocycles. The van der Waals surface area contributed by atoms with Crippen molar-refractivity contribution in [1.82, 2.24) is 4.90 Å². The molecule has 108 valence electrons. The van der Waals surface area contributed by atoms with E-state index in [1.54, 1.807) is 11.8 Å². The Labute approximate surface area is 117 Å². The van der Waals surface area contributed by atoms with E-state index in [4.69, 9.17) is 4.74 Å². The molecule has 0 atom stereocenters. The minimum Gasteiger partial charge on any atom is -0.442 e. The fraction of sp³-hybridized carbons (Fsp3) is 0.467. The number of halogens is 1. The topological polar surface area (TPSA) is 46.6 Å². The molecule has 2 rings (SSSR count). The van der Waals surface area contributed by atoms with Crippen LogP contribution in [0.4, 0.5) is 9.18 Å². The molecule has 0 bridgehead atoms. The first-order valence-electron chi connectivity index (χ1n) is 6.73. The average molecular weight is 279 g/mol. The lowest BCUT2D eigenvalue weighted by Gasteiger charge is -2.31. The number of piperidine rings is 1. The van der Waals surface area contributed by atoms with E-state index in [0.29, 0.717) is 30.9 Å². The van der Waals surface area contributed by atoms with Gasteiger partial charge in [-0.3, -0.25) is 4.79 Å². The molecule has 0 aliphatic carbocycles. The van der Waals surface area contributed by atoms with Gasteiger partial charge in [-0.1, -0.05) is 12.1 Å². The van der Waals surface area contributed by atoms with Crippen molar-refractivity contribution in [2.45, 2.75) is 25.7 Å². The van der Waals surface area contributed by atoms with Gasteiger partial charge in [0.1, 0.15) is 12.4 Å². The molecule has 1 amide bonds. The van der Waals surface area contributed by atoms with Crippen LogP contribution in [0.3, 0.4) is 0 Å². The van der Waals surface area contributed by atoms with Crippen molar-refractivity contribution in [2.75, 3.05) is 19.7 Å². The van der Waals surface area contributed by atoms with E-state index in [2.05, 4.69) is 0 Å². The van der Waals surface area contributed by atoms with Gasteiger partial charge in [0.15, 0.2) is 6.29 Å². The molecule has 4 nitrogen and oxygen atoms in total. The fourth-order valence-electron chi connectivity index (χ4n) is 2.51. The molecule has 1 aromatic carbocycles. The van der Waals surface area contributed by atoms with E-state index < -0.39 is 6.09 Å². The van der Waals surface area contributed by atoms with Gasteiger partial charge in [-0.05, 0) is 42.9 Å². The molecule has 5 heteroatoms. The van der Waals surface area contributed by atoms with Gasteiger partial charge in [-0.15, -0.1) is 0 Å². The number of ether oxygens (including phenoxy) is 1. The monoisotopic (exact) mass is 279 g/mol. The molecule has 1 aromatic rings. The quantitative estimate of drug-likeness (QED) is 0.799. The molecule has 1 aliphatic rings. The van der Waals surface area contributed by atoms with Gasteiger partial charge >= 0.3 is 6.09 Å². The summed E-state index contributed by atoms with van der Waals surface area (Å²) < 4.78 is 18.0. The van der Waals surface area contributed by atoms with Crippen LogP contribution in [0.25, 0.3) is 0 Å². The summed E-state index contributed by atoms with van der Waals surface area (Å²) in [6.45, 7) is 2.75. The number of hydrogen-bond acceptors (Lipinski definition) is 3. The van der Waals surface area contributed by atoms with Crippen molar-refractivity contribution < 1.29 is 18.7 Å². The maximum Gasteiger partial charge on any atom is 0.410 e. The largest absolute Gasteiger partial charge is 0.442 e. The predicted octanol–water partition coefficient (Wildman–Crippen LogP) is 2.65. The second kappa shape index (κ2) is 6.50. The van der Waals surface area contributed by atoms with Gasteiger partial charge in [0.05, 0.1) is 0 Å². The highest BCUT2D eigenvalue weighted by atomic mass is 19.1. The maximum atomic E-state index is 13.3. The van der Waals surface area contributed by atoms with Gasteiger partial charge in [-0.2, -0.15) is 0 Å². The van der Waals surface area contributed by atoms with Crippen LogP contribution < -0.4 is 0 Å². The smallest absolute Gasteiger partial charge is 0.410 e. The predicted molar refractivity (Wildman–Crippen MR) is 72.1 cm³/mol. The van der Waals surface area contributed by atoms with Crippen LogP contribution in [-0.4, -0.2) is 37.0 Å². The summed E-state index contributed by atoms with van der Waals surface area (Å²) in [7, 11) is 0. The first kappa shape index (κ1) is 14.5. The van der Waals surface area contributed by atoms with Crippen LogP contribution in [-0.2, 0) is 9.53 Å². The van der Waals surface area contributed by atoms with Crippen molar-refractivity contribution in [3.63, 3.8) is 0 Å². The Morgan fingerprint density at radius 3 is 2.75 bits per heavy atom. The highest BCUT2D eigenvalue weighted by Crippen LogP contribution is 2.29. The summed E-state index contributed by atoms with van der Waals surface area (Å²) in [6.07, 6.45) is 1.76. The standard InChI is InChI=1S/C15H18FNO3/c1-11-10-13(2-3-14(11)16)12-4-6-17(7-5-12)15(19)20-9-8-18/h2-3,8,10,12H,4-7,9H2,1H3. The normalized spacial score (nSPS) is 16.0. The summed E-state index contributed by atoms with van der Waals surface area (Å²) in [4.78, 5) is 23.4. The minimum atomic E-state index is -0.439. The second-order valence-electron chi connectivity index (χ2n) is 5.01. The summed E-state index contributed by atoms with van der Waals surface area (Å²) in [5.74, 6) is 0.146. The molecular formula is C15H18FNO3. The van der Waals surface area contributed by atoms with Crippen LogP contribution in [0.2, 0.25) is 0 Å². The molecule has 0 unspecified atom stereocenters. The van der Waals surface area contributed by atoms with Gasteiger partial charge in [0.25, 0.3) is 0 Å². The summed E-state index contributed by atoms with van der Waals surface area (Å²) in [5, 5.41) is 0. The van der Waals surface area contributed by atoms with E-state index in [1.807, 2.05) is 12.1 Å². The minimum absolute atomic E-state index is 0.191. The molecule has 0 aromatic heterocycles. The van der Waals surface area contributed by atoms with Crippen molar-refractivity contribution >= 4 is 12.4 Å². The van der Waals surface area contributed by atoms with Crippen LogP contribution >= 0.6 is 0 Å². The lowest BCUT2D eigenvalue weighted by atomic mass is 9.89. The number of nitrogens with zero attached hydrogens (tertiary/aromatic N) is 1. The first-order chi connectivity index (χ1) is 9.61. The summed E-state index contributed by atoms with van der Waals surface area (Å²) >= 11 is 0. The van der Waals surface area contributed by atoms with Crippen molar-refractivity contribution in [1.29, 1.82) is 0 Å². The Balaban J connectivity index is 1.92. The average Bonchev–Trinajstić information content (AvgIpc) is 2.48. The second-order valence-corrected chi connectivity index (χ2v) is 5.01. The van der Waals surface area contributed by atoms with Crippen molar-refractivity contribution in [3.05, 3.63) is 35.1 Å². The Morgan fingerprint density at radius 2 is 2.15 bits per heavy atom. The molecule has 1 fully saturated rings. The zero-order valence-corrected chi connectivity index (χ0v) is 11.5. The van der Waals surface area contributed by atoms with Crippen molar-refractivity contribution in [2.24, 2.45) is 0 Å². The van der Waals surface area contributed by atoms with E-state index in [1.165, 1.54) is 6.07 Å². The number of likely N-dealkylation sites (tertiary alicyclic amines) is 1. The van der Waals surface area contributed by atoms with E-state index in [9.17, 15) is 14.0 Å². The molecule has 0 saturated carbocycles. The van der Waals surface area contributed by atoms with E-state index in [0.717, 1.165) is 18.4 Å². The highest BCUT2D eigenvalue weighted by molar-refractivity contribution is 5.69. The van der Waals surface area contributed by atoms with Crippen LogP contribution in [0, 0.1) is 12.7 Å². The Hall–Kier alpha value is -1.91. The third-order valence-corrected chi connectivity index (χ3v) is 3.68. The number of hydrogen-bond donors (Lipinski definition) is 0. The molecule has 0 N–H and O–H groups in total. The molecule has 0 spiro atoms. The van der Waals surface area contributed by atoms with Crippen LogP contribution in [0.5, 0.6) is 0 Å². The first-order valence-corrected chi connectivity index (χ1v) is 6.73. The highest BCUT2D eigenvalue weighted by Gasteiger charge is 2.24. The zero-order chi connectivity index (χ0) is 14.5.